The molecular weight excluding hydrogens is 372 g/mol. The Kier molecular flexibility index (Phi) is 6.34. The van der Waals surface area contributed by atoms with E-state index in [1.807, 2.05) is 30.1 Å². The summed E-state index contributed by atoms with van der Waals surface area (Å²) in [6.45, 7) is 5.28. The molecule has 0 radical (unpaired) electrons. The molecule has 0 saturated carbocycles. The van der Waals surface area contributed by atoms with E-state index in [1.54, 1.807) is 6.26 Å². The van der Waals surface area contributed by atoms with E-state index in [4.69, 9.17) is 4.42 Å². The van der Waals surface area contributed by atoms with Crippen LogP contribution in [0.4, 0.5) is 0 Å². The average Bonchev–Trinajstić information content (AvgIpc) is 3.26. The van der Waals surface area contributed by atoms with E-state index in [0.717, 1.165) is 31.8 Å². The predicted octanol–water partition coefficient (Wildman–Crippen LogP) is 4.85. The third kappa shape index (κ3) is 5.00. The van der Waals surface area contributed by atoms with Crippen LogP contribution in [-0.4, -0.2) is 35.8 Å². The number of hydrogen-bond acceptors (Lipinski definition) is 3. The zero-order valence-electron chi connectivity index (χ0n) is 17.8. The fraction of sp³-hybridized carbons (Fsp3) is 0.346. The molecule has 156 valence electrons. The Morgan fingerprint density at radius 3 is 2.63 bits per heavy atom. The Balaban J connectivity index is 1.53. The summed E-state index contributed by atoms with van der Waals surface area (Å²) in [7, 11) is 1.88. The number of aryl methyl sites for hydroxylation is 1. The van der Waals surface area contributed by atoms with Crippen molar-refractivity contribution in [3.63, 3.8) is 0 Å². The number of carbonyl (C=O) groups is 1. The smallest absolute Gasteiger partial charge is 0.227 e. The zero-order chi connectivity index (χ0) is 20.9. The molecule has 1 aliphatic heterocycles. The van der Waals surface area contributed by atoms with Crippen molar-refractivity contribution in [3.05, 3.63) is 95.4 Å². The van der Waals surface area contributed by atoms with Crippen LogP contribution in [0.15, 0.2) is 77.4 Å². The summed E-state index contributed by atoms with van der Waals surface area (Å²) in [4.78, 5) is 17.6. The maximum Gasteiger partial charge on any atom is 0.227 e. The maximum atomic E-state index is 13.3. The monoisotopic (exact) mass is 402 g/mol. The minimum atomic E-state index is -0.0204. The SMILES string of the molecule is Cc1cccc([C@@H]2C[C@@H](C(=O)N(C)Cc3ccco3)CN(Cc3ccccc3)C2)c1. The summed E-state index contributed by atoms with van der Waals surface area (Å²) < 4.78 is 5.44. The normalized spacial score (nSPS) is 19.5. The highest BCUT2D eigenvalue weighted by Crippen LogP contribution is 2.32. The Labute approximate surface area is 179 Å². The van der Waals surface area contributed by atoms with E-state index >= 15 is 0 Å². The molecule has 30 heavy (non-hydrogen) atoms. The Bertz CT molecular complexity index is 952. The van der Waals surface area contributed by atoms with Gasteiger partial charge in [-0.05, 0) is 42.5 Å². The van der Waals surface area contributed by atoms with Crippen molar-refractivity contribution >= 4 is 5.91 Å². The van der Waals surface area contributed by atoms with Crippen molar-refractivity contribution in [2.75, 3.05) is 20.1 Å². The lowest BCUT2D eigenvalue weighted by Crippen LogP contribution is -2.45. The number of hydrogen-bond donors (Lipinski definition) is 0. The van der Waals surface area contributed by atoms with Crippen LogP contribution in [0, 0.1) is 12.8 Å². The fourth-order valence-corrected chi connectivity index (χ4v) is 4.53. The number of amides is 1. The minimum absolute atomic E-state index is 0.0204. The van der Waals surface area contributed by atoms with Crippen LogP contribution in [0.1, 0.15) is 34.8 Å². The zero-order valence-corrected chi connectivity index (χ0v) is 17.8. The largest absolute Gasteiger partial charge is 0.467 e. The first-order valence-electron chi connectivity index (χ1n) is 10.7. The van der Waals surface area contributed by atoms with Crippen LogP contribution < -0.4 is 0 Å². The summed E-state index contributed by atoms with van der Waals surface area (Å²) in [6, 6.07) is 23.0. The van der Waals surface area contributed by atoms with Gasteiger partial charge >= 0.3 is 0 Å². The van der Waals surface area contributed by atoms with Crippen molar-refractivity contribution in [1.29, 1.82) is 0 Å². The molecule has 0 N–H and O–H groups in total. The van der Waals surface area contributed by atoms with Crippen LogP contribution >= 0.6 is 0 Å². The van der Waals surface area contributed by atoms with E-state index in [9.17, 15) is 4.79 Å². The second kappa shape index (κ2) is 9.31. The topological polar surface area (TPSA) is 36.7 Å². The number of carbonyl (C=O) groups excluding carboxylic acids is 1. The molecule has 3 aromatic rings. The first-order valence-corrected chi connectivity index (χ1v) is 10.7. The highest BCUT2D eigenvalue weighted by atomic mass is 16.3. The van der Waals surface area contributed by atoms with Gasteiger partial charge in [0.05, 0.1) is 18.7 Å². The van der Waals surface area contributed by atoms with Crippen LogP contribution in [-0.2, 0) is 17.9 Å². The fourth-order valence-electron chi connectivity index (χ4n) is 4.53. The van der Waals surface area contributed by atoms with Crippen LogP contribution in [0.5, 0.6) is 0 Å². The molecule has 4 nitrogen and oxygen atoms in total. The highest BCUT2D eigenvalue weighted by Gasteiger charge is 2.34. The quantitative estimate of drug-likeness (QED) is 0.591. The lowest BCUT2D eigenvalue weighted by Gasteiger charge is -2.38. The molecule has 0 spiro atoms. The van der Waals surface area contributed by atoms with E-state index in [1.165, 1.54) is 16.7 Å². The second-order valence-electron chi connectivity index (χ2n) is 8.50. The molecule has 4 rings (SSSR count). The van der Waals surface area contributed by atoms with E-state index in [0.29, 0.717) is 12.5 Å². The molecule has 4 heteroatoms. The standard InChI is InChI=1S/C26H30N2O2/c1-20-8-6-11-22(14-20)23-15-24(26(29)27(2)19-25-12-7-13-30-25)18-28(17-23)16-21-9-4-3-5-10-21/h3-14,23-24H,15-19H2,1-2H3/t23-,24-/m1/s1. The van der Waals surface area contributed by atoms with E-state index in [2.05, 4.69) is 60.4 Å². The predicted molar refractivity (Wildman–Crippen MR) is 119 cm³/mol. The molecule has 0 aliphatic carbocycles. The van der Waals surface area contributed by atoms with Gasteiger partial charge in [0.1, 0.15) is 5.76 Å². The van der Waals surface area contributed by atoms with Gasteiger partial charge in [0.15, 0.2) is 0 Å². The van der Waals surface area contributed by atoms with Crippen LogP contribution in [0.25, 0.3) is 0 Å². The number of rotatable bonds is 6. The van der Waals surface area contributed by atoms with Gasteiger partial charge in [0.25, 0.3) is 0 Å². The van der Waals surface area contributed by atoms with Gasteiger partial charge in [-0.25, -0.2) is 0 Å². The van der Waals surface area contributed by atoms with Crippen LogP contribution in [0.3, 0.4) is 0 Å². The third-order valence-corrected chi connectivity index (χ3v) is 5.99. The number of piperidine rings is 1. The molecule has 0 unspecified atom stereocenters. The molecule has 1 aliphatic rings. The van der Waals surface area contributed by atoms with Crippen molar-refractivity contribution in [1.82, 2.24) is 9.80 Å². The maximum absolute atomic E-state index is 13.3. The van der Waals surface area contributed by atoms with Crippen LogP contribution in [0.2, 0.25) is 0 Å². The Morgan fingerprint density at radius 1 is 1.07 bits per heavy atom. The van der Waals surface area contributed by atoms with Gasteiger partial charge < -0.3 is 9.32 Å². The number of benzene rings is 2. The summed E-state index contributed by atoms with van der Waals surface area (Å²) in [5.74, 6) is 1.35. The molecule has 1 aromatic heterocycles. The molecule has 1 saturated heterocycles. The summed E-state index contributed by atoms with van der Waals surface area (Å²) >= 11 is 0. The Morgan fingerprint density at radius 2 is 1.90 bits per heavy atom. The first-order chi connectivity index (χ1) is 14.6. The summed E-state index contributed by atoms with van der Waals surface area (Å²) in [5, 5.41) is 0. The van der Waals surface area contributed by atoms with Crippen molar-refractivity contribution in [2.45, 2.75) is 32.4 Å². The van der Waals surface area contributed by atoms with Crippen molar-refractivity contribution in [2.24, 2.45) is 5.92 Å². The van der Waals surface area contributed by atoms with Crippen molar-refractivity contribution in [3.8, 4) is 0 Å². The molecule has 2 atom stereocenters. The Hall–Kier alpha value is -2.85. The summed E-state index contributed by atoms with van der Waals surface area (Å²) in [6.07, 6.45) is 2.54. The molecule has 1 fully saturated rings. The second-order valence-corrected chi connectivity index (χ2v) is 8.50. The third-order valence-electron chi connectivity index (χ3n) is 5.99. The first kappa shape index (κ1) is 20.4. The molecular formula is C26H30N2O2. The van der Waals surface area contributed by atoms with Gasteiger partial charge in [0.2, 0.25) is 5.91 Å². The van der Waals surface area contributed by atoms with Gasteiger partial charge in [-0.2, -0.15) is 0 Å². The molecule has 0 bridgehead atoms. The number of likely N-dealkylation sites (tertiary alicyclic amines) is 1. The van der Waals surface area contributed by atoms with Gasteiger partial charge in [-0.3, -0.25) is 9.69 Å². The average molecular weight is 403 g/mol. The lowest BCUT2D eigenvalue weighted by molar-refractivity contribution is -0.137. The molecule has 1 amide bonds. The van der Waals surface area contributed by atoms with Gasteiger partial charge in [-0.15, -0.1) is 0 Å². The molecule has 2 aromatic carbocycles. The molecule has 2 heterocycles. The van der Waals surface area contributed by atoms with Gasteiger partial charge in [0, 0.05) is 26.7 Å². The van der Waals surface area contributed by atoms with E-state index in [-0.39, 0.29) is 11.8 Å². The summed E-state index contributed by atoms with van der Waals surface area (Å²) in [5.41, 5.74) is 3.89. The number of nitrogens with zero attached hydrogens (tertiary/aromatic N) is 2. The highest BCUT2D eigenvalue weighted by molar-refractivity contribution is 5.79. The lowest BCUT2D eigenvalue weighted by atomic mass is 9.83. The number of furan rings is 1. The van der Waals surface area contributed by atoms with Gasteiger partial charge in [-0.1, -0.05) is 60.2 Å². The minimum Gasteiger partial charge on any atom is -0.467 e. The van der Waals surface area contributed by atoms with E-state index < -0.39 is 0 Å². The van der Waals surface area contributed by atoms with Crippen molar-refractivity contribution < 1.29 is 9.21 Å².